The average Bonchev–Trinajstić information content (AvgIpc) is 2.99. The molecular formula is C15H27BrN4. The standard InChI is InChI=1S/C15H27BrN4/c1-11-14(16)12(19(5)18-11)10-13(17-4)15(2,3)20-8-6-7-9-20/h13,17H,6-10H2,1-5H3. The van der Waals surface area contributed by atoms with Gasteiger partial charge in [0.2, 0.25) is 0 Å². The second-order valence-electron chi connectivity index (χ2n) is 6.36. The number of likely N-dealkylation sites (N-methyl/N-ethyl adjacent to an activating group) is 1. The number of likely N-dealkylation sites (tertiary alicyclic amines) is 1. The summed E-state index contributed by atoms with van der Waals surface area (Å²) in [5.41, 5.74) is 2.49. The van der Waals surface area contributed by atoms with Gasteiger partial charge in [-0.2, -0.15) is 5.10 Å². The van der Waals surface area contributed by atoms with Gasteiger partial charge in [0.1, 0.15) is 0 Å². The van der Waals surface area contributed by atoms with Crippen molar-refractivity contribution in [1.82, 2.24) is 20.0 Å². The zero-order valence-corrected chi connectivity index (χ0v) is 14.9. The zero-order chi connectivity index (χ0) is 14.9. The molecule has 0 spiro atoms. The van der Waals surface area contributed by atoms with Gasteiger partial charge in [0, 0.05) is 25.0 Å². The number of aromatic nitrogens is 2. The van der Waals surface area contributed by atoms with Gasteiger partial charge in [-0.25, -0.2) is 0 Å². The number of aryl methyl sites for hydroxylation is 2. The van der Waals surface area contributed by atoms with Crippen LogP contribution in [0.2, 0.25) is 0 Å². The van der Waals surface area contributed by atoms with Crippen LogP contribution in [0.1, 0.15) is 38.1 Å². The lowest BCUT2D eigenvalue weighted by molar-refractivity contribution is 0.109. The fourth-order valence-electron chi connectivity index (χ4n) is 3.31. The first-order valence-corrected chi connectivity index (χ1v) is 8.27. The van der Waals surface area contributed by atoms with Crippen molar-refractivity contribution < 1.29 is 0 Å². The molecule has 0 bridgehead atoms. The zero-order valence-electron chi connectivity index (χ0n) is 13.3. The van der Waals surface area contributed by atoms with Crippen molar-refractivity contribution in [1.29, 1.82) is 0 Å². The molecule has 0 radical (unpaired) electrons. The summed E-state index contributed by atoms with van der Waals surface area (Å²) in [6, 6.07) is 0.409. The number of hydrogen-bond donors (Lipinski definition) is 1. The molecule has 2 heterocycles. The monoisotopic (exact) mass is 342 g/mol. The minimum absolute atomic E-state index is 0.156. The van der Waals surface area contributed by atoms with Gasteiger partial charge >= 0.3 is 0 Å². The van der Waals surface area contributed by atoms with Crippen molar-refractivity contribution in [3.8, 4) is 0 Å². The summed E-state index contributed by atoms with van der Waals surface area (Å²) in [5, 5.41) is 8.03. The molecule has 0 aliphatic carbocycles. The molecule has 4 nitrogen and oxygen atoms in total. The number of rotatable bonds is 5. The van der Waals surface area contributed by atoms with E-state index in [9.17, 15) is 0 Å². The topological polar surface area (TPSA) is 33.1 Å². The highest BCUT2D eigenvalue weighted by Crippen LogP contribution is 2.28. The first-order chi connectivity index (χ1) is 9.37. The molecule has 1 saturated heterocycles. The largest absolute Gasteiger partial charge is 0.315 e. The smallest absolute Gasteiger partial charge is 0.0738 e. The Morgan fingerprint density at radius 2 is 1.95 bits per heavy atom. The van der Waals surface area contributed by atoms with Gasteiger partial charge in [-0.05, 0) is 69.7 Å². The lowest BCUT2D eigenvalue weighted by Crippen LogP contribution is -2.57. The van der Waals surface area contributed by atoms with Crippen LogP contribution in [0.15, 0.2) is 4.47 Å². The van der Waals surface area contributed by atoms with E-state index in [2.05, 4.69) is 52.1 Å². The molecule has 2 rings (SSSR count). The van der Waals surface area contributed by atoms with Crippen LogP contribution in [0.3, 0.4) is 0 Å². The van der Waals surface area contributed by atoms with Gasteiger partial charge in [0.25, 0.3) is 0 Å². The van der Waals surface area contributed by atoms with E-state index in [1.807, 2.05) is 18.7 Å². The minimum Gasteiger partial charge on any atom is -0.315 e. The highest BCUT2D eigenvalue weighted by Gasteiger charge is 2.36. The predicted octanol–water partition coefficient (Wildman–Crippen LogP) is 2.50. The summed E-state index contributed by atoms with van der Waals surface area (Å²) in [6.45, 7) is 9.20. The third-order valence-electron chi connectivity index (χ3n) is 4.78. The predicted molar refractivity (Wildman–Crippen MR) is 87.1 cm³/mol. The van der Waals surface area contributed by atoms with E-state index in [1.54, 1.807) is 0 Å². The van der Waals surface area contributed by atoms with Gasteiger partial charge in [-0.3, -0.25) is 9.58 Å². The van der Waals surface area contributed by atoms with Crippen LogP contribution in [0.5, 0.6) is 0 Å². The van der Waals surface area contributed by atoms with Crippen LogP contribution >= 0.6 is 15.9 Å². The molecule has 1 fully saturated rings. The van der Waals surface area contributed by atoms with E-state index in [1.165, 1.54) is 31.6 Å². The summed E-state index contributed by atoms with van der Waals surface area (Å²) >= 11 is 3.68. The Labute approximate surface area is 131 Å². The Morgan fingerprint density at radius 3 is 2.40 bits per heavy atom. The summed E-state index contributed by atoms with van der Waals surface area (Å²) < 4.78 is 3.15. The molecule has 1 aliphatic heterocycles. The maximum atomic E-state index is 4.51. The van der Waals surface area contributed by atoms with Gasteiger partial charge < -0.3 is 5.32 Å². The molecule has 0 amide bonds. The van der Waals surface area contributed by atoms with Crippen molar-refractivity contribution in [3.05, 3.63) is 15.9 Å². The molecule has 1 unspecified atom stereocenters. The number of nitrogens with zero attached hydrogens (tertiary/aromatic N) is 3. The minimum atomic E-state index is 0.156. The normalized spacial score (nSPS) is 18.7. The fourth-order valence-corrected chi connectivity index (χ4v) is 3.81. The molecule has 1 N–H and O–H groups in total. The van der Waals surface area contributed by atoms with E-state index >= 15 is 0 Å². The Kier molecular flexibility index (Phi) is 4.92. The van der Waals surface area contributed by atoms with Crippen LogP contribution in [0.25, 0.3) is 0 Å². The second kappa shape index (κ2) is 6.16. The van der Waals surface area contributed by atoms with Gasteiger partial charge in [0.15, 0.2) is 0 Å². The second-order valence-corrected chi connectivity index (χ2v) is 7.16. The SMILES string of the molecule is CNC(Cc1c(Br)c(C)nn1C)C(C)(C)N1CCCC1. The fraction of sp³-hybridized carbons (Fsp3) is 0.800. The van der Waals surface area contributed by atoms with E-state index in [0.29, 0.717) is 6.04 Å². The molecule has 114 valence electrons. The maximum Gasteiger partial charge on any atom is 0.0738 e. The molecule has 1 atom stereocenters. The van der Waals surface area contributed by atoms with Crippen molar-refractivity contribution in [3.63, 3.8) is 0 Å². The third-order valence-corrected chi connectivity index (χ3v) is 5.81. The summed E-state index contributed by atoms with van der Waals surface area (Å²) in [6.07, 6.45) is 3.64. The van der Waals surface area contributed by atoms with E-state index in [-0.39, 0.29) is 5.54 Å². The number of hydrogen-bond acceptors (Lipinski definition) is 3. The van der Waals surface area contributed by atoms with E-state index < -0.39 is 0 Å². The van der Waals surface area contributed by atoms with Crippen LogP contribution < -0.4 is 5.32 Å². The van der Waals surface area contributed by atoms with Crippen molar-refractivity contribution >= 4 is 15.9 Å². The van der Waals surface area contributed by atoms with E-state index in [4.69, 9.17) is 0 Å². The molecule has 1 aromatic rings. The van der Waals surface area contributed by atoms with Crippen molar-refractivity contribution in [2.24, 2.45) is 7.05 Å². The van der Waals surface area contributed by atoms with Gasteiger partial charge in [0.05, 0.1) is 15.9 Å². The summed E-state index contributed by atoms with van der Waals surface area (Å²) in [5.74, 6) is 0. The molecule has 1 aliphatic rings. The van der Waals surface area contributed by atoms with Crippen LogP contribution in [0.4, 0.5) is 0 Å². The molecule has 0 saturated carbocycles. The molecule has 5 heteroatoms. The quantitative estimate of drug-likeness (QED) is 0.892. The van der Waals surface area contributed by atoms with Crippen LogP contribution in [-0.4, -0.2) is 46.4 Å². The van der Waals surface area contributed by atoms with Crippen molar-refractivity contribution in [2.75, 3.05) is 20.1 Å². The summed E-state index contributed by atoms with van der Waals surface area (Å²) in [4.78, 5) is 2.62. The highest BCUT2D eigenvalue weighted by molar-refractivity contribution is 9.10. The Bertz CT molecular complexity index is 461. The molecule has 1 aromatic heterocycles. The highest BCUT2D eigenvalue weighted by atomic mass is 79.9. The van der Waals surface area contributed by atoms with Gasteiger partial charge in [-0.1, -0.05) is 0 Å². The number of nitrogens with one attached hydrogen (secondary N) is 1. The molecule has 0 aromatic carbocycles. The van der Waals surface area contributed by atoms with Crippen LogP contribution in [-0.2, 0) is 13.5 Å². The maximum absolute atomic E-state index is 4.51. The third kappa shape index (κ3) is 2.95. The molecule has 20 heavy (non-hydrogen) atoms. The lowest BCUT2D eigenvalue weighted by atomic mass is 9.89. The first-order valence-electron chi connectivity index (χ1n) is 7.48. The Balaban J connectivity index is 2.19. The number of halogens is 1. The molecular weight excluding hydrogens is 316 g/mol. The van der Waals surface area contributed by atoms with Gasteiger partial charge in [-0.15, -0.1) is 0 Å². The lowest BCUT2D eigenvalue weighted by Gasteiger charge is -2.42. The van der Waals surface area contributed by atoms with E-state index in [0.717, 1.165) is 16.6 Å². The van der Waals surface area contributed by atoms with Crippen LogP contribution in [0, 0.1) is 6.92 Å². The average molecular weight is 343 g/mol. The summed E-state index contributed by atoms with van der Waals surface area (Å²) in [7, 11) is 4.10. The first kappa shape index (κ1) is 16.0. The Hall–Kier alpha value is -0.390. The van der Waals surface area contributed by atoms with Crippen molar-refractivity contribution in [2.45, 2.75) is 51.6 Å². The Morgan fingerprint density at radius 1 is 1.35 bits per heavy atom.